The summed E-state index contributed by atoms with van der Waals surface area (Å²) in [6, 6.07) is 5.87. The van der Waals surface area contributed by atoms with Gasteiger partial charge in [-0.15, -0.1) is 0 Å². The van der Waals surface area contributed by atoms with E-state index in [1.54, 1.807) is 12.1 Å². The van der Waals surface area contributed by atoms with Crippen molar-refractivity contribution in [3.05, 3.63) is 35.6 Å². The summed E-state index contributed by atoms with van der Waals surface area (Å²) < 4.78 is 13.2. The van der Waals surface area contributed by atoms with Gasteiger partial charge in [-0.25, -0.2) is 4.39 Å². The van der Waals surface area contributed by atoms with Gasteiger partial charge in [-0.05, 0) is 56.3 Å². The maximum atomic E-state index is 13.2. The van der Waals surface area contributed by atoms with E-state index < -0.39 is 0 Å². The molecule has 1 aromatic rings. The van der Waals surface area contributed by atoms with Gasteiger partial charge in [0.1, 0.15) is 5.82 Å². The van der Waals surface area contributed by atoms with Crippen LogP contribution in [0.5, 0.6) is 0 Å². The molecule has 1 aromatic carbocycles. The Labute approximate surface area is 112 Å². The maximum absolute atomic E-state index is 13.2. The van der Waals surface area contributed by atoms with Crippen molar-refractivity contribution in [3.63, 3.8) is 0 Å². The van der Waals surface area contributed by atoms with Crippen molar-refractivity contribution in [3.8, 4) is 0 Å². The Kier molecular flexibility index (Phi) is 3.05. The quantitative estimate of drug-likeness (QED) is 0.855. The summed E-state index contributed by atoms with van der Waals surface area (Å²) in [5, 5.41) is 6.51. The first-order valence-electron chi connectivity index (χ1n) is 6.87. The summed E-state index contributed by atoms with van der Waals surface area (Å²) in [5.41, 5.74) is 0.230. The van der Waals surface area contributed by atoms with Crippen LogP contribution in [0.2, 0.25) is 0 Å². The molecule has 0 radical (unpaired) electrons. The van der Waals surface area contributed by atoms with Crippen LogP contribution in [0.4, 0.5) is 4.39 Å². The van der Waals surface area contributed by atoms with Gasteiger partial charge < -0.3 is 10.6 Å². The highest BCUT2D eigenvalue weighted by atomic mass is 19.1. The van der Waals surface area contributed by atoms with Crippen molar-refractivity contribution in [2.45, 2.75) is 25.3 Å². The molecule has 2 aliphatic rings. The Morgan fingerprint density at radius 1 is 1.47 bits per heavy atom. The number of carbonyl (C=O) groups is 1. The van der Waals surface area contributed by atoms with Crippen LogP contribution in [-0.4, -0.2) is 24.5 Å². The molecule has 102 valence electrons. The topological polar surface area (TPSA) is 41.1 Å². The molecule has 19 heavy (non-hydrogen) atoms. The van der Waals surface area contributed by atoms with Gasteiger partial charge in [-0.2, -0.15) is 0 Å². The van der Waals surface area contributed by atoms with Crippen LogP contribution in [0.25, 0.3) is 0 Å². The molecule has 1 saturated carbocycles. The number of fused-ring (bicyclic) bond motifs is 1. The predicted octanol–water partition coefficient (Wildman–Crippen LogP) is 1.94. The summed E-state index contributed by atoms with van der Waals surface area (Å²) in [5.74, 6) is 0.613. The van der Waals surface area contributed by atoms with Gasteiger partial charge in [0.05, 0.1) is 0 Å². The fourth-order valence-corrected chi connectivity index (χ4v) is 3.57. The Hall–Kier alpha value is -1.42. The van der Waals surface area contributed by atoms with Gasteiger partial charge in [-0.1, -0.05) is 6.07 Å². The monoisotopic (exact) mass is 262 g/mol. The summed E-state index contributed by atoms with van der Waals surface area (Å²) in [6.45, 7) is 4.13. The van der Waals surface area contributed by atoms with Crippen LogP contribution in [0.15, 0.2) is 24.3 Å². The fraction of sp³-hybridized carbons (Fsp3) is 0.533. The average Bonchev–Trinajstić information content (AvgIpc) is 2.95. The third kappa shape index (κ3) is 2.25. The zero-order valence-corrected chi connectivity index (χ0v) is 11.1. The molecular weight excluding hydrogens is 243 g/mol. The maximum Gasteiger partial charge on any atom is 0.251 e. The molecule has 3 atom stereocenters. The number of rotatable bonds is 2. The second-order valence-electron chi connectivity index (χ2n) is 5.95. The molecule has 1 heterocycles. The smallest absolute Gasteiger partial charge is 0.251 e. The van der Waals surface area contributed by atoms with E-state index in [2.05, 4.69) is 17.6 Å². The highest BCUT2D eigenvalue weighted by Crippen LogP contribution is 2.42. The van der Waals surface area contributed by atoms with Crippen molar-refractivity contribution in [1.29, 1.82) is 0 Å². The van der Waals surface area contributed by atoms with Crippen LogP contribution in [0.3, 0.4) is 0 Å². The second kappa shape index (κ2) is 4.60. The molecule has 3 nitrogen and oxygen atoms in total. The van der Waals surface area contributed by atoms with Gasteiger partial charge in [0.15, 0.2) is 0 Å². The Bertz CT molecular complexity index is 505. The minimum absolute atomic E-state index is 0.169. The standard InChI is InChI=1S/C15H19FN2O/c1-15(6-5-11-8-17-9-13(11)15)18-14(19)10-3-2-4-12(16)7-10/h2-4,7,11,13,17H,5-6,8-9H2,1H3,(H,18,19). The molecule has 0 bridgehead atoms. The van der Waals surface area contributed by atoms with E-state index in [-0.39, 0.29) is 17.3 Å². The van der Waals surface area contributed by atoms with Gasteiger partial charge in [-0.3, -0.25) is 4.79 Å². The molecule has 3 unspecified atom stereocenters. The van der Waals surface area contributed by atoms with Crippen LogP contribution >= 0.6 is 0 Å². The lowest BCUT2D eigenvalue weighted by Crippen LogP contribution is -2.50. The summed E-state index contributed by atoms with van der Waals surface area (Å²) in [7, 11) is 0. The molecule has 0 spiro atoms. The molecule has 1 aliphatic heterocycles. The van der Waals surface area contributed by atoms with Crippen LogP contribution in [-0.2, 0) is 0 Å². The van der Waals surface area contributed by atoms with E-state index in [9.17, 15) is 9.18 Å². The predicted molar refractivity (Wildman–Crippen MR) is 71.4 cm³/mol. The first kappa shape index (κ1) is 12.6. The fourth-order valence-electron chi connectivity index (χ4n) is 3.57. The number of halogens is 1. The molecule has 2 N–H and O–H groups in total. The van der Waals surface area contributed by atoms with Gasteiger partial charge in [0, 0.05) is 17.6 Å². The minimum atomic E-state index is -0.371. The highest BCUT2D eigenvalue weighted by Gasteiger charge is 2.48. The molecule has 1 amide bonds. The third-order valence-electron chi connectivity index (χ3n) is 4.68. The van der Waals surface area contributed by atoms with E-state index in [1.807, 2.05) is 0 Å². The van der Waals surface area contributed by atoms with E-state index in [0.29, 0.717) is 17.4 Å². The Morgan fingerprint density at radius 2 is 2.32 bits per heavy atom. The molecule has 0 aromatic heterocycles. The summed E-state index contributed by atoms with van der Waals surface area (Å²) in [4.78, 5) is 12.2. The van der Waals surface area contributed by atoms with Gasteiger partial charge in [0.2, 0.25) is 0 Å². The van der Waals surface area contributed by atoms with Crippen molar-refractivity contribution in [2.75, 3.05) is 13.1 Å². The second-order valence-corrected chi connectivity index (χ2v) is 5.95. The Balaban J connectivity index is 1.76. The van der Waals surface area contributed by atoms with Crippen molar-refractivity contribution in [1.82, 2.24) is 10.6 Å². The number of benzene rings is 1. The number of hydrogen-bond acceptors (Lipinski definition) is 2. The van der Waals surface area contributed by atoms with E-state index in [1.165, 1.54) is 12.1 Å². The van der Waals surface area contributed by atoms with E-state index >= 15 is 0 Å². The minimum Gasteiger partial charge on any atom is -0.347 e. The SMILES string of the molecule is CC1(NC(=O)c2cccc(F)c2)CCC2CNCC21. The first-order chi connectivity index (χ1) is 9.08. The number of nitrogens with one attached hydrogen (secondary N) is 2. The largest absolute Gasteiger partial charge is 0.347 e. The third-order valence-corrected chi connectivity index (χ3v) is 4.68. The molecule has 3 rings (SSSR count). The molecule has 2 fully saturated rings. The van der Waals surface area contributed by atoms with Crippen molar-refractivity contribution < 1.29 is 9.18 Å². The summed E-state index contributed by atoms with van der Waals surface area (Å²) in [6.07, 6.45) is 2.16. The lowest BCUT2D eigenvalue weighted by Gasteiger charge is -2.32. The summed E-state index contributed by atoms with van der Waals surface area (Å²) >= 11 is 0. The van der Waals surface area contributed by atoms with E-state index in [4.69, 9.17) is 0 Å². The van der Waals surface area contributed by atoms with Gasteiger partial charge in [0.25, 0.3) is 5.91 Å². The lowest BCUT2D eigenvalue weighted by molar-refractivity contribution is 0.0883. The highest BCUT2D eigenvalue weighted by molar-refractivity contribution is 5.94. The first-order valence-corrected chi connectivity index (χ1v) is 6.87. The lowest BCUT2D eigenvalue weighted by atomic mass is 9.86. The number of hydrogen-bond donors (Lipinski definition) is 2. The molecule has 1 aliphatic carbocycles. The van der Waals surface area contributed by atoms with E-state index in [0.717, 1.165) is 25.9 Å². The number of carbonyl (C=O) groups excluding carboxylic acids is 1. The van der Waals surface area contributed by atoms with Gasteiger partial charge >= 0.3 is 0 Å². The molecular formula is C15H19FN2O. The molecule has 4 heteroatoms. The normalized spacial score (nSPS) is 33.2. The zero-order chi connectivity index (χ0) is 13.5. The Morgan fingerprint density at radius 3 is 3.11 bits per heavy atom. The zero-order valence-electron chi connectivity index (χ0n) is 11.1. The molecule has 1 saturated heterocycles. The number of amides is 1. The van der Waals surface area contributed by atoms with Crippen molar-refractivity contribution in [2.24, 2.45) is 11.8 Å². The van der Waals surface area contributed by atoms with Crippen LogP contribution < -0.4 is 10.6 Å². The van der Waals surface area contributed by atoms with Crippen LogP contribution in [0.1, 0.15) is 30.1 Å². The average molecular weight is 262 g/mol. The van der Waals surface area contributed by atoms with Crippen LogP contribution in [0, 0.1) is 17.7 Å². The van der Waals surface area contributed by atoms with Crippen molar-refractivity contribution >= 4 is 5.91 Å².